The third kappa shape index (κ3) is 4.35. The van der Waals surface area contributed by atoms with E-state index in [9.17, 15) is 9.59 Å². The molecule has 1 aliphatic carbocycles. The van der Waals surface area contributed by atoms with Crippen LogP contribution in [0.2, 0.25) is 0 Å². The molecule has 1 amide bonds. The third-order valence-electron chi connectivity index (χ3n) is 5.54. The number of hydrogen-bond acceptors (Lipinski definition) is 7. The number of amides is 1. The van der Waals surface area contributed by atoms with Crippen LogP contribution in [0.15, 0.2) is 41.6 Å². The van der Waals surface area contributed by atoms with Crippen molar-refractivity contribution in [1.29, 1.82) is 0 Å². The second-order valence-electron chi connectivity index (χ2n) is 7.77. The van der Waals surface area contributed by atoms with Crippen LogP contribution in [0.3, 0.4) is 0 Å². The highest BCUT2D eigenvalue weighted by Crippen LogP contribution is 2.33. The van der Waals surface area contributed by atoms with Gasteiger partial charge in [-0.1, -0.05) is 6.08 Å². The van der Waals surface area contributed by atoms with Gasteiger partial charge in [0.15, 0.2) is 0 Å². The van der Waals surface area contributed by atoms with Gasteiger partial charge >= 0.3 is 0 Å². The Morgan fingerprint density at radius 2 is 2.20 bits per heavy atom. The number of rotatable bonds is 8. The van der Waals surface area contributed by atoms with Crippen LogP contribution in [0.4, 0.5) is 11.5 Å². The SMILES string of the molecule is CNc1cncc(-c2c[nH]c(=O)c(N(CC3CC3)C3CN(C(=O)/C=C/CN)C3)c2)n1. The van der Waals surface area contributed by atoms with Gasteiger partial charge in [-0.15, -0.1) is 0 Å². The lowest BCUT2D eigenvalue weighted by Gasteiger charge is -2.46. The predicted octanol–water partition coefficient (Wildman–Crippen LogP) is 0.816. The van der Waals surface area contributed by atoms with Crippen molar-refractivity contribution in [2.75, 3.05) is 43.4 Å². The predicted molar refractivity (Wildman–Crippen MR) is 116 cm³/mol. The minimum atomic E-state index is -0.134. The van der Waals surface area contributed by atoms with E-state index in [-0.39, 0.29) is 17.5 Å². The number of H-pyrrole nitrogens is 1. The molecule has 1 saturated carbocycles. The minimum absolute atomic E-state index is 0.0371. The Bertz CT molecular complexity index is 993. The number of nitrogens with zero attached hydrogens (tertiary/aromatic N) is 4. The van der Waals surface area contributed by atoms with Crippen LogP contribution in [-0.4, -0.2) is 65.0 Å². The van der Waals surface area contributed by atoms with E-state index < -0.39 is 0 Å². The lowest BCUT2D eigenvalue weighted by Crippen LogP contribution is -2.62. The summed E-state index contributed by atoms with van der Waals surface area (Å²) in [7, 11) is 1.79. The summed E-state index contributed by atoms with van der Waals surface area (Å²) in [5.41, 5.74) is 7.39. The Kier molecular flexibility index (Phi) is 5.80. The van der Waals surface area contributed by atoms with E-state index in [1.807, 2.05) is 6.07 Å². The Hall–Kier alpha value is -3.20. The topological polar surface area (TPSA) is 120 Å². The molecule has 0 spiro atoms. The van der Waals surface area contributed by atoms with Gasteiger partial charge in [-0.3, -0.25) is 14.6 Å². The van der Waals surface area contributed by atoms with Gasteiger partial charge in [-0.25, -0.2) is 4.98 Å². The van der Waals surface area contributed by atoms with Gasteiger partial charge < -0.3 is 25.8 Å². The summed E-state index contributed by atoms with van der Waals surface area (Å²) < 4.78 is 0. The molecule has 0 unspecified atom stereocenters. The zero-order chi connectivity index (χ0) is 21.1. The standard InChI is InChI=1S/C21H27N7O2/c1-23-19-10-24-9-17(26-19)15-7-18(21(30)25-8-15)28(11-14-4-5-14)16-12-27(13-16)20(29)3-2-6-22/h2-3,7-10,14,16H,4-6,11-13,22H2,1H3,(H,23,26)(H,25,30)/b3-2+. The first-order valence-corrected chi connectivity index (χ1v) is 10.2. The number of anilines is 2. The van der Waals surface area contributed by atoms with Crippen LogP contribution < -0.4 is 21.5 Å². The van der Waals surface area contributed by atoms with Crippen LogP contribution in [0, 0.1) is 5.92 Å². The zero-order valence-electron chi connectivity index (χ0n) is 17.0. The fourth-order valence-electron chi connectivity index (χ4n) is 3.59. The van der Waals surface area contributed by atoms with Crippen molar-refractivity contribution < 1.29 is 4.79 Å². The van der Waals surface area contributed by atoms with Gasteiger partial charge in [0.05, 0.1) is 24.1 Å². The molecule has 30 heavy (non-hydrogen) atoms. The first-order chi connectivity index (χ1) is 14.6. The third-order valence-corrected chi connectivity index (χ3v) is 5.54. The highest BCUT2D eigenvalue weighted by molar-refractivity contribution is 5.88. The monoisotopic (exact) mass is 409 g/mol. The molecule has 0 radical (unpaired) electrons. The Morgan fingerprint density at radius 3 is 2.90 bits per heavy atom. The average Bonchev–Trinajstić information content (AvgIpc) is 3.55. The van der Waals surface area contributed by atoms with E-state index in [0.717, 1.165) is 12.1 Å². The Balaban J connectivity index is 1.58. The summed E-state index contributed by atoms with van der Waals surface area (Å²) >= 11 is 0. The van der Waals surface area contributed by atoms with E-state index in [4.69, 9.17) is 5.73 Å². The smallest absolute Gasteiger partial charge is 0.271 e. The summed E-state index contributed by atoms with van der Waals surface area (Å²) in [4.78, 5) is 40.4. The second kappa shape index (κ2) is 8.66. The molecule has 3 heterocycles. The molecule has 1 saturated heterocycles. The van der Waals surface area contributed by atoms with Crippen LogP contribution >= 0.6 is 0 Å². The van der Waals surface area contributed by atoms with E-state index in [2.05, 4.69) is 25.2 Å². The molecule has 0 atom stereocenters. The molecular weight excluding hydrogens is 382 g/mol. The number of aromatic nitrogens is 3. The van der Waals surface area contributed by atoms with E-state index in [0.29, 0.717) is 42.8 Å². The highest BCUT2D eigenvalue weighted by atomic mass is 16.2. The number of carbonyl (C=O) groups excluding carboxylic acids is 1. The number of aromatic amines is 1. The molecule has 1 aliphatic heterocycles. The number of nitrogens with two attached hydrogens (primary N) is 1. The van der Waals surface area contributed by atoms with E-state index in [1.165, 1.54) is 18.9 Å². The van der Waals surface area contributed by atoms with Gasteiger partial charge in [-0.2, -0.15) is 0 Å². The summed E-state index contributed by atoms with van der Waals surface area (Å²) in [6, 6.07) is 2.00. The number of likely N-dealkylation sites (tertiary alicyclic amines) is 1. The molecule has 0 bridgehead atoms. The summed E-state index contributed by atoms with van der Waals surface area (Å²) in [6.07, 6.45) is 10.5. The number of nitrogens with one attached hydrogen (secondary N) is 2. The molecule has 4 rings (SSSR count). The number of pyridine rings is 1. The molecule has 2 fully saturated rings. The van der Waals surface area contributed by atoms with Gasteiger partial charge in [0.25, 0.3) is 5.56 Å². The quantitative estimate of drug-likeness (QED) is 0.552. The normalized spacial score (nSPS) is 16.5. The summed E-state index contributed by atoms with van der Waals surface area (Å²) in [5, 5.41) is 2.98. The minimum Gasteiger partial charge on any atom is -0.372 e. The summed E-state index contributed by atoms with van der Waals surface area (Å²) in [5.74, 6) is 1.22. The van der Waals surface area contributed by atoms with E-state index in [1.54, 1.807) is 36.6 Å². The highest BCUT2D eigenvalue weighted by Gasteiger charge is 2.37. The Labute approximate surface area is 175 Å². The molecule has 158 valence electrons. The fraction of sp³-hybridized carbons (Fsp3) is 0.429. The van der Waals surface area contributed by atoms with Crippen LogP contribution in [0.5, 0.6) is 0 Å². The van der Waals surface area contributed by atoms with Crippen molar-refractivity contribution in [1.82, 2.24) is 19.9 Å². The first-order valence-electron chi connectivity index (χ1n) is 10.2. The first kappa shape index (κ1) is 20.1. The number of carbonyl (C=O) groups is 1. The van der Waals surface area contributed by atoms with Gasteiger partial charge in [0.2, 0.25) is 5.91 Å². The molecule has 9 heteroatoms. The van der Waals surface area contributed by atoms with Gasteiger partial charge in [0.1, 0.15) is 11.5 Å². The van der Waals surface area contributed by atoms with Crippen molar-refractivity contribution in [3.05, 3.63) is 47.2 Å². The van der Waals surface area contributed by atoms with Crippen molar-refractivity contribution in [3.63, 3.8) is 0 Å². The van der Waals surface area contributed by atoms with Crippen LogP contribution in [0.25, 0.3) is 11.3 Å². The maximum atomic E-state index is 12.7. The molecule has 4 N–H and O–H groups in total. The fourth-order valence-corrected chi connectivity index (χ4v) is 3.59. The van der Waals surface area contributed by atoms with Crippen molar-refractivity contribution >= 4 is 17.4 Å². The van der Waals surface area contributed by atoms with Gasteiger partial charge in [0, 0.05) is 51.1 Å². The molecule has 2 aromatic heterocycles. The number of hydrogen-bond donors (Lipinski definition) is 3. The molecule has 2 aliphatic rings. The van der Waals surface area contributed by atoms with Crippen molar-refractivity contribution in [2.45, 2.75) is 18.9 Å². The molecule has 2 aromatic rings. The Morgan fingerprint density at radius 1 is 1.40 bits per heavy atom. The maximum absolute atomic E-state index is 12.7. The zero-order valence-corrected chi connectivity index (χ0v) is 17.0. The largest absolute Gasteiger partial charge is 0.372 e. The second-order valence-corrected chi connectivity index (χ2v) is 7.77. The summed E-state index contributed by atoms with van der Waals surface area (Å²) in [6.45, 7) is 2.36. The lowest BCUT2D eigenvalue weighted by atomic mass is 10.0. The van der Waals surface area contributed by atoms with Gasteiger partial charge in [-0.05, 0) is 24.8 Å². The van der Waals surface area contributed by atoms with Crippen molar-refractivity contribution in [3.8, 4) is 11.3 Å². The van der Waals surface area contributed by atoms with Crippen LogP contribution in [0.1, 0.15) is 12.8 Å². The van der Waals surface area contributed by atoms with E-state index >= 15 is 0 Å². The lowest BCUT2D eigenvalue weighted by molar-refractivity contribution is -0.130. The van der Waals surface area contributed by atoms with Crippen LogP contribution in [-0.2, 0) is 4.79 Å². The molecule has 0 aromatic carbocycles. The maximum Gasteiger partial charge on any atom is 0.271 e. The average molecular weight is 409 g/mol. The molecular formula is C21H27N7O2. The molecule has 9 nitrogen and oxygen atoms in total. The van der Waals surface area contributed by atoms with Crippen molar-refractivity contribution in [2.24, 2.45) is 11.7 Å².